The molecule has 0 unspecified atom stereocenters. The zero-order chi connectivity index (χ0) is 24.1. The van der Waals surface area contributed by atoms with Crippen LogP contribution < -0.4 is 15.4 Å². The minimum atomic E-state index is -0.338. The summed E-state index contributed by atoms with van der Waals surface area (Å²) in [6.07, 6.45) is 0.441. The van der Waals surface area contributed by atoms with Gasteiger partial charge in [0.15, 0.2) is 0 Å². The van der Waals surface area contributed by atoms with Crippen molar-refractivity contribution < 1.29 is 23.9 Å². The number of fused-ring (bicyclic) bond motifs is 1. The van der Waals surface area contributed by atoms with Crippen LogP contribution in [0.1, 0.15) is 43.9 Å². The third-order valence-corrected chi connectivity index (χ3v) is 5.43. The van der Waals surface area contributed by atoms with E-state index >= 15 is 0 Å². The topological polar surface area (TPSA) is 105 Å². The Morgan fingerprint density at radius 2 is 1.50 bits per heavy atom. The third-order valence-electron chi connectivity index (χ3n) is 5.43. The molecule has 8 nitrogen and oxygen atoms in total. The second kappa shape index (κ2) is 9.99. The first-order valence-corrected chi connectivity index (χ1v) is 10.8. The molecule has 1 heterocycles. The molecular weight excluding hydrogens is 434 g/mol. The summed E-state index contributed by atoms with van der Waals surface area (Å²) >= 11 is 0. The lowest BCUT2D eigenvalue weighted by Crippen LogP contribution is -2.31. The van der Waals surface area contributed by atoms with E-state index in [1.807, 2.05) is 6.07 Å². The molecule has 2 N–H and O–H groups in total. The molecule has 172 valence electrons. The van der Waals surface area contributed by atoms with Gasteiger partial charge < -0.3 is 15.4 Å². The summed E-state index contributed by atoms with van der Waals surface area (Å²) in [5.74, 6) is -0.803. The van der Waals surface area contributed by atoms with Crippen LogP contribution in [0.4, 0.5) is 11.4 Å². The number of nitrogens with zero attached hydrogens (tertiary/aromatic N) is 1. The van der Waals surface area contributed by atoms with Crippen molar-refractivity contribution >= 4 is 35.0 Å². The molecule has 0 saturated carbocycles. The Kier molecular flexibility index (Phi) is 6.68. The first kappa shape index (κ1) is 22.7. The van der Waals surface area contributed by atoms with E-state index in [0.29, 0.717) is 40.2 Å². The van der Waals surface area contributed by atoms with E-state index in [4.69, 9.17) is 4.74 Å². The highest BCUT2D eigenvalue weighted by atomic mass is 16.5. The van der Waals surface area contributed by atoms with Crippen LogP contribution in [-0.4, -0.2) is 42.2 Å². The Hall–Kier alpha value is -4.46. The Bertz CT molecular complexity index is 1220. The molecule has 34 heavy (non-hydrogen) atoms. The van der Waals surface area contributed by atoms with Crippen molar-refractivity contribution in [3.8, 4) is 5.75 Å². The lowest BCUT2D eigenvalue weighted by Gasteiger charge is -2.14. The van der Waals surface area contributed by atoms with Gasteiger partial charge in [-0.25, -0.2) is 0 Å². The number of imide groups is 1. The molecular formula is C26H23N3O5. The Balaban J connectivity index is 1.34. The quantitative estimate of drug-likeness (QED) is 0.498. The fourth-order valence-corrected chi connectivity index (χ4v) is 3.73. The molecule has 0 aliphatic carbocycles. The number of carbonyl (C=O) groups excluding carboxylic acids is 4. The van der Waals surface area contributed by atoms with Crippen molar-refractivity contribution in [2.45, 2.75) is 12.8 Å². The first-order valence-electron chi connectivity index (χ1n) is 10.8. The lowest BCUT2D eigenvalue weighted by atomic mass is 10.1. The van der Waals surface area contributed by atoms with Crippen LogP contribution >= 0.6 is 0 Å². The number of amides is 4. The standard InChI is InChI=1S/C26H23N3O5/c1-34-22-14-13-18(16-21(22)28-24(31)17-8-3-2-4-9-17)27-23(30)12-7-15-29-25(32)19-10-5-6-11-20(19)26(29)33/h2-6,8-11,13-14,16H,7,12,15H2,1H3,(H,27,30)(H,28,31). The number of ether oxygens (including phenoxy) is 1. The van der Waals surface area contributed by atoms with E-state index in [9.17, 15) is 19.2 Å². The van der Waals surface area contributed by atoms with Crippen molar-refractivity contribution in [1.29, 1.82) is 0 Å². The summed E-state index contributed by atoms with van der Waals surface area (Å²) in [4.78, 5) is 51.0. The molecule has 0 radical (unpaired) electrons. The summed E-state index contributed by atoms with van der Waals surface area (Å²) in [5, 5.41) is 5.57. The second-order valence-electron chi connectivity index (χ2n) is 7.69. The van der Waals surface area contributed by atoms with Gasteiger partial charge in [0, 0.05) is 24.2 Å². The average Bonchev–Trinajstić information content (AvgIpc) is 3.10. The van der Waals surface area contributed by atoms with Crippen molar-refractivity contribution in [2.24, 2.45) is 0 Å². The molecule has 8 heteroatoms. The van der Waals surface area contributed by atoms with Crippen LogP contribution in [0.2, 0.25) is 0 Å². The van der Waals surface area contributed by atoms with E-state index < -0.39 is 0 Å². The summed E-state index contributed by atoms with van der Waals surface area (Å²) < 4.78 is 5.31. The molecule has 3 aromatic carbocycles. The zero-order valence-corrected chi connectivity index (χ0v) is 18.5. The van der Waals surface area contributed by atoms with Gasteiger partial charge in [-0.2, -0.15) is 0 Å². The molecule has 3 aromatic rings. The average molecular weight is 457 g/mol. The maximum absolute atomic E-state index is 12.5. The first-order chi connectivity index (χ1) is 16.5. The number of hydrogen-bond donors (Lipinski definition) is 2. The van der Waals surface area contributed by atoms with E-state index in [0.717, 1.165) is 0 Å². The zero-order valence-electron chi connectivity index (χ0n) is 18.5. The Morgan fingerprint density at radius 1 is 0.853 bits per heavy atom. The summed E-state index contributed by atoms with van der Waals surface area (Å²) in [6.45, 7) is 0.154. The summed E-state index contributed by atoms with van der Waals surface area (Å²) in [7, 11) is 1.49. The number of methoxy groups -OCH3 is 1. The molecule has 0 saturated heterocycles. The number of hydrogen-bond acceptors (Lipinski definition) is 5. The smallest absolute Gasteiger partial charge is 0.261 e. The number of benzene rings is 3. The fourth-order valence-electron chi connectivity index (χ4n) is 3.73. The molecule has 0 atom stereocenters. The minimum absolute atomic E-state index is 0.116. The predicted octanol–water partition coefficient (Wildman–Crippen LogP) is 3.96. The molecule has 1 aliphatic heterocycles. The lowest BCUT2D eigenvalue weighted by molar-refractivity contribution is -0.116. The summed E-state index contributed by atoms with van der Waals surface area (Å²) in [6, 6.07) is 20.4. The number of rotatable bonds is 8. The van der Waals surface area contributed by atoms with Crippen LogP contribution in [0.25, 0.3) is 0 Å². The van der Waals surface area contributed by atoms with Crippen LogP contribution in [-0.2, 0) is 4.79 Å². The minimum Gasteiger partial charge on any atom is -0.495 e. The Morgan fingerprint density at radius 3 is 2.15 bits per heavy atom. The van der Waals surface area contributed by atoms with Crippen LogP contribution in [0.5, 0.6) is 5.75 Å². The van der Waals surface area contributed by atoms with Gasteiger partial charge in [0.05, 0.1) is 23.9 Å². The number of carbonyl (C=O) groups is 4. The van der Waals surface area contributed by atoms with Crippen molar-refractivity contribution in [3.05, 3.63) is 89.5 Å². The monoisotopic (exact) mass is 457 g/mol. The van der Waals surface area contributed by atoms with E-state index in [2.05, 4.69) is 10.6 Å². The van der Waals surface area contributed by atoms with Crippen LogP contribution in [0.15, 0.2) is 72.8 Å². The van der Waals surface area contributed by atoms with E-state index in [1.165, 1.54) is 12.0 Å². The normalized spacial score (nSPS) is 12.3. The SMILES string of the molecule is COc1ccc(NC(=O)CCCN2C(=O)c3ccccc3C2=O)cc1NC(=O)c1ccccc1. The number of anilines is 2. The summed E-state index contributed by atoms with van der Waals surface area (Å²) in [5.41, 5.74) is 2.17. The van der Waals surface area contributed by atoms with Gasteiger partial charge in [0.25, 0.3) is 17.7 Å². The van der Waals surface area contributed by atoms with Crippen molar-refractivity contribution in [2.75, 3.05) is 24.3 Å². The van der Waals surface area contributed by atoms with Crippen LogP contribution in [0, 0.1) is 0 Å². The molecule has 1 aliphatic rings. The third kappa shape index (κ3) is 4.80. The maximum Gasteiger partial charge on any atom is 0.261 e. The second-order valence-corrected chi connectivity index (χ2v) is 7.69. The molecule has 0 bridgehead atoms. The van der Waals surface area contributed by atoms with Gasteiger partial charge in [-0.05, 0) is 48.9 Å². The fraction of sp³-hybridized carbons (Fsp3) is 0.154. The molecule has 0 fully saturated rings. The van der Waals surface area contributed by atoms with Crippen molar-refractivity contribution in [3.63, 3.8) is 0 Å². The Labute approximate surface area is 196 Å². The molecule has 0 spiro atoms. The van der Waals surface area contributed by atoms with Gasteiger partial charge in [-0.1, -0.05) is 30.3 Å². The van der Waals surface area contributed by atoms with Gasteiger partial charge in [0.1, 0.15) is 5.75 Å². The predicted molar refractivity (Wildman–Crippen MR) is 127 cm³/mol. The van der Waals surface area contributed by atoms with Crippen LogP contribution in [0.3, 0.4) is 0 Å². The largest absolute Gasteiger partial charge is 0.495 e. The van der Waals surface area contributed by atoms with E-state index in [-0.39, 0.29) is 36.6 Å². The van der Waals surface area contributed by atoms with Crippen molar-refractivity contribution in [1.82, 2.24) is 4.90 Å². The van der Waals surface area contributed by atoms with Gasteiger partial charge in [-0.3, -0.25) is 24.1 Å². The maximum atomic E-state index is 12.5. The van der Waals surface area contributed by atoms with Gasteiger partial charge >= 0.3 is 0 Å². The molecule has 0 aromatic heterocycles. The van der Waals surface area contributed by atoms with E-state index in [1.54, 1.807) is 66.7 Å². The number of nitrogens with one attached hydrogen (secondary N) is 2. The van der Waals surface area contributed by atoms with Gasteiger partial charge in [-0.15, -0.1) is 0 Å². The highest BCUT2D eigenvalue weighted by Gasteiger charge is 2.34. The molecule has 4 amide bonds. The molecule has 4 rings (SSSR count). The highest BCUT2D eigenvalue weighted by Crippen LogP contribution is 2.28. The highest BCUT2D eigenvalue weighted by molar-refractivity contribution is 6.21. The van der Waals surface area contributed by atoms with Gasteiger partial charge in [0.2, 0.25) is 5.91 Å².